The highest BCUT2D eigenvalue weighted by atomic mass is 35.5. The van der Waals surface area contributed by atoms with E-state index in [0.717, 1.165) is 5.56 Å². The molecule has 0 aliphatic rings. The molecule has 0 aliphatic carbocycles. The molecule has 3 aromatic rings. The summed E-state index contributed by atoms with van der Waals surface area (Å²) in [6.45, 7) is 2.03. The highest BCUT2D eigenvalue weighted by Crippen LogP contribution is 2.16. The molecule has 0 atom stereocenters. The minimum absolute atomic E-state index is 0.274. The molecule has 3 nitrogen and oxygen atoms in total. The summed E-state index contributed by atoms with van der Waals surface area (Å²) in [5, 5.41) is 0.870. The van der Waals surface area contributed by atoms with Gasteiger partial charge in [0.2, 0.25) is 5.89 Å². The molecule has 0 amide bonds. The van der Waals surface area contributed by atoms with Crippen molar-refractivity contribution in [1.82, 2.24) is 4.98 Å². The van der Waals surface area contributed by atoms with E-state index in [1.165, 1.54) is 5.56 Å². The van der Waals surface area contributed by atoms with E-state index in [1.807, 2.05) is 37.3 Å². The number of fused-ring (bicyclic) bond motifs is 1. The molecule has 3 rings (SSSR count). The van der Waals surface area contributed by atoms with Crippen molar-refractivity contribution in [2.45, 2.75) is 6.92 Å². The van der Waals surface area contributed by atoms with E-state index in [-0.39, 0.29) is 5.89 Å². The van der Waals surface area contributed by atoms with Gasteiger partial charge in [0.05, 0.1) is 10.9 Å². The van der Waals surface area contributed by atoms with Gasteiger partial charge in [-0.1, -0.05) is 41.4 Å². The Bertz CT molecular complexity index is 879. The third-order valence-electron chi connectivity index (χ3n) is 3.10. The first-order valence-corrected chi connectivity index (χ1v) is 6.85. The second kappa shape index (κ2) is 5.54. The van der Waals surface area contributed by atoms with Gasteiger partial charge in [-0.25, -0.2) is 9.78 Å². The molecule has 1 aromatic heterocycles. The number of hydrogen-bond acceptors (Lipinski definition) is 3. The molecule has 0 spiro atoms. The molecular formula is C17H12ClNO2. The number of benzene rings is 2. The fraction of sp³-hybridized carbons (Fsp3) is 0.0588. The van der Waals surface area contributed by atoms with E-state index in [4.69, 9.17) is 16.0 Å². The Hall–Kier alpha value is -2.39. The quantitative estimate of drug-likeness (QED) is 0.707. The van der Waals surface area contributed by atoms with E-state index in [1.54, 1.807) is 24.3 Å². The molecule has 2 aromatic carbocycles. The van der Waals surface area contributed by atoms with E-state index in [0.29, 0.717) is 15.9 Å². The maximum atomic E-state index is 11.9. The molecule has 0 radical (unpaired) electrons. The van der Waals surface area contributed by atoms with Crippen molar-refractivity contribution in [3.05, 3.63) is 74.9 Å². The minimum atomic E-state index is -0.439. The van der Waals surface area contributed by atoms with Gasteiger partial charge < -0.3 is 4.42 Å². The molecule has 0 unspecified atom stereocenters. The van der Waals surface area contributed by atoms with Gasteiger partial charge in [0.1, 0.15) is 0 Å². The van der Waals surface area contributed by atoms with Gasteiger partial charge in [0.25, 0.3) is 0 Å². The monoisotopic (exact) mass is 297 g/mol. The first kappa shape index (κ1) is 13.6. The van der Waals surface area contributed by atoms with Gasteiger partial charge in [0.15, 0.2) is 0 Å². The number of aryl methyl sites for hydroxylation is 1. The van der Waals surface area contributed by atoms with E-state index in [2.05, 4.69) is 4.98 Å². The summed E-state index contributed by atoms with van der Waals surface area (Å²) >= 11 is 5.86. The molecule has 0 fully saturated rings. The van der Waals surface area contributed by atoms with Crippen LogP contribution in [-0.4, -0.2) is 4.98 Å². The Morgan fingerprint density at radius 3 is 2.62 bits per heavy atom. The molecule has 1 heterocycles. The van der Waals surface area contributed by atoms with E-state index >= 15 is 0 Å². The number of aromatic nitrogens is 1. The lowest BCUT2D eigenvalue weighted by molar-refractivity contribution is 0.491. The van der Waals surface area contributed by atoms with Gasteiger partial charge >= 0.3 is 5.63 Å². The van der Waals surface area contributed by atoms with Crippen LogP contribution in [0.5, 0.6) is 0 Å². The van der Waals surface area contributed by atoms with E-state index < -0.39 is 5.63 Å². The Balaban J connectivity index is 1.99. The van der Waals surface area contributed by atoms with Crippen molar-refractivity contribution >= 4 is 34.7 Å². The molecule has 4 heteroatoms. The Kier molecular flexibility index (Phi) is 3.59. The minimum Gasteiger partial charge on any atom is -0.404 e. The van der Waals surface area contributed by atoms with Crippen LogP contribution in [0.3, 0.4) is 0 Å². The van der Waals surface area contributed by atoms with Crippen LogP contribution in [0, 0.1) is 6.92 Å². The molecule has 0 saturated carbocycles. The second-order valence-corrected chi connectivity index (χ2v) is 5.18. The molecule has 0 N–H and O–H groups in total. The zero-order valence-electron chi connectivity index (χ0n) is 11.3. The zero-order chi connectivity index (χ0) is 14.8. The standard InChI is InChI=1S/C17H12ClNO2/c1-11-2-4-12(5-3-11)6-9-16-19-15-8-7-13(18)10-14(15)17(20)21-16/h2-10H,1H3/b9-6+. The summed E-state index contributed by atoms with van der Waals surface area (Å²) < 4.78 is 5.18. The van der Waals surface area contributed by atoms with Crippen molar-refractivity contribution in [1.29, 1.82) is 0 Å². The van der Waals surface area contributed by atoms with Crippen LogP contribution in [0.1, 0.15) is 17.0 Å². The lowest BCUT2D eigenvalue weighted by atomic mass is 10.1. The summed E-state index contributed by atoms with van der Waals surface area (Å²) in [6, 6.07) is 13.0. The average Bonchev–Trinajstić information content (AvgIpc) is 2.47. The Labute approximate surface area is 126 Å². The molecule has 0 bridgehead atoms. The number of halogens is 1. The van der Waals surface area contributed by atoms with Gasteiger partial charge in [-0.2, -0.15) is 0 Å². The summed E-state index contributed by atoms with van der Waals surface area (Å²) in [5.74, 6) is 0.274. The van der Waals surface area contributed by atoms with Crippen LogP contribution in [0.25, 0.3) is 23.1 Å². The first-order valence-electron chi connectivity index (χ1n) is 6.47. The largest absolute Gasteiger partial charge is 0.404 e. The van der Waals surface area contributed by atoms with Crippen molar-refractivity contribution in [3.8, 4) is 0 Å². The molecular weight excluding hydrogens is 286 g/mol. The zero-order valence-corrected chi connectivity index (χ0v) is 12.1. The van der Waals surface area contributed by atoms with Crippen LogP contribution in [-0.2, 0) is 0 Å². The SMILES string of the molecule is Cc1ccc(/C=C/c2nc3ccc(Cl)cc3c(=O)o2)cc1. The van der Waals surface area contributed by atoms with Crippen molar-refractivity contribution in [2.75, 3.05) is 0 Å². The third-order valence-corrected chi connectivity index (χ3v) is 3.34. The van der Waals surface area contributed by atoms with Crippen molar-refractivity contribution in [3.63, 3.8) is 0 Å². The van der Waals surface area contributed by atoms with Gasteiger partial charge in [0, 0.05) is 11.1 Å². The van der Waals surface area contributed by atoms with Crippen LogP contribution < -0.4 is 5.63 Å². The normalized spacial score (nSPS) is 11.3. The lowest BCUT2D eigenvalue weighted by Crippen LogP contribution is -2.02. The van der Waals surface area contributed by atoms with Gasteiger partial charge in [-0.05, 0) is 36.8 Å². The lowest BCUT2D eigenvalue weighted by Gasteiger charge is -1.98. The first-order chi connectivity index (χ1) is 10.1. The van der Waals surface area contributed by atoms with Crippen LogP contribution >= 0.6 is 11.6 Å². The van der Waals surface area contributed by atoms with Gasteiger partial charge in [-0.15, -0.1) is 0 Å². The fourth-order valence-corrected chi connectivity index (χ4v) is 2.15. The molecule has 104 valence electrons. The number of rotatable bonds is 2. The van der Waals surface area contributed by atoms with Crippen molar-refractivity contribution < 1.29 is 4.42 Å². The van der Waals surface area contributed by atoms with Gasteiger partial charge in [-0.3, -0.25) is 0 Å². The maximum Gasteiger partial charge on any atom is 0.347 e. The number of nitrogens with zero attached hydrogens (tertiary/aromatic N) is 1. The number of hydrogen-bond donors (Lipinski definition) is 0. The third kappa shape index (κ3) is 3.03. The molecule has 0 saturated heterocycles. The fourth-order valence-electron chi connectivity index (χ4n) is 1.98. The highest BCUT2D eigenvalue weighted by Gasteiger charge is 2.04. The highest BCUT2D eigenvalue weighted by molar-refractivity contribution is 6.31. The average molecular weight is 298 g/mol. The smallest absolute Gasteiger partial charge is 0.347 e. The van der Waals surface area contributed by atoms with Crippen LogP contribution in [0.4, 0.5) is 0 Å². The second-order valence-electron chi connectivity index (χ2n) is 4.75. The van der Waals surface area contributed by atoms with Crippen molar-refractivity contribution in [2.24, 2.45) is 0 Å². The predicted molar refractivity (Wildman–Crippen MR) is 85.4 cm³/mol. The maximum absolute atomic E-state index is 11.9. The van der Waals surface area contributed by atoms with Crippen LogP contribution in [0.2, 0.25) is 5.02 Å². The Morgan fingerprint density at radius 1 is 1.10 bits per heavy atom. The summed E-state index contributed by atoms with van der Waals surface area (Å²) in [5.41, 5.74) is 2.34. The summed E-state index contributed by atoms with van der Waals surface area (Å²) in [6.07, 6.45) is 3.53. The molecule has 0 aliphatic heterocycles. The Morgan fingerprint density at radius 2 is 1.86 bits per heavy atom. The van der Waals surface area contributed by atoms with E-state index in [9.17, 15) is 4.79 Å². The van der Waals surface area contributed by atoms with Crippen LogP contribution in [0.15, 0.2) is 51.7 Å². The predicted octanol–water partition coefficient (Wildman–Crippen LogP) is 4.32. The molecule has 21 heavy (non-hydrogen) atoms. The topological polar surface area (TPSA) is 43.1 Å². The summed E-state index contributed by atoms with van der Waals surface area (Å²) in [4.78, 5) is 16.2. The summed E-state index contributed by atoms with van der Waals surface area (Å²) in [7, 11) is 0.